The van der Waals surface area contributed by atoms with Crippen molar-refractivity contribution in [3.63, 3.8) is 0 Å². The van der Waals surface area contributed by atoms with Crippen LogP contribution >= 0.6 is 0 Å². The second-order valence-corrected chi connectivity index (χ2v) is 11.3. The number of carbonyl (C=O) groups is 2. The third kappa shape index (κ3) is 9.34. The molecule has 2 aromatic carbocycles. The number of nitrogens with one attached hydrogen (secondary N) is 2. The largest absolute Gasteiger partial charge is 0.497 e. The van der Waals surface area contributed by atoms with E-state index in [0.717, 1.165) is 18.4 Å². The van der Waals surface area contributed by atoms with Gasteiger partial charge < -0.3 is 24.8 Å². The Balaban J connectivity index is 1.68. The molecule has 11 nitrogen and oxygen atoms in total. The van der Waals surface area contributed by atoms with E-state index in [4.69, 9.17) is 14.2 Å². The van der Waals surface area contributed by atoms with E-state index in [1.807, 2.05) is 0 Å². The SMILES string of the molecule is COc1ccc(Oc2ccc(CNC(=O)C(C)(CCS(C)(=O)=O)NC(=O)Oc3cncnc3)cc2)c(C(F)(F)F)c1. The minimum Gasteiger partial charge on any atom is -0.497 e. The summed E-state index contributed by atoms with van der Waals surface area (Å²) in [6, 6.07) is 9.22. The van der Waals surface area contributed by atoms with E-state index < -0.39 is 50.6 Å². The smallest absolute Gasteiger partial charge is 0.420 e. The zero-order valence-corrected chi connectivity index (χ0v) is 23.0. The number of nitrogens with zero attached hydrogens (tertiary/aromatic N) is 2. The fraction of sp³-hybridized carbons (Fsp3) is 0.308. The summed E-state index contributed by atoms with van der Waals surface area (Å²) in [5, 5.41) is 5.02. The Labute approximate surface area is 234 Å². The first-order valence-electron chi connectivity index (χ1n) is 11.9. The summed E-state index contributed by atoms with van der Waals surface area (Å²) in [5.41, 5.74) is -2.14. The molecule has 1 heterocycles. The monoisotopic (exact) mass is 596 g/mol. The van der Waals surface area contributed by atoms with Crippen LogP contribution in [0.4, 0.5) is 18.0 Å². The molecule has 0 bridgehead atoms. The Morgan fingerprint density at radius 3 is 2.20 bits per heavy atom. The van der Waals surface area contributed by atoms with Gasteiger partial charge in [-0.05, 0) is 49.2 Å². The quantitative estimate of drug-likeness (QED) is 0.337. The summed E-state index contributed by atoms with van der Waals surface area (Å²) in [6.45, 7) is 1.30. The third-order valence-electron chi connectivity index (χ3n) is 5.70. The average molecular weight is 597 g/mol. The Kier molecular flexibility index (Phi) is 9.75. The van der Waals surface area contributed by atoms with E-state index in [1.165, 1.54) is 63.1 Å². The molecular weight excluding hydrogens is 569 g/mol. The van der Waals surface area contributed by atoms with Gasteiger partial charge in [0, 0.05) is 12.8 Å². The maximum Gasteiger partial charge on any atom is 0.420 e. The van der Waals surface area contributed by atoms with Crippen LogP contribution in [0.15, 0.2) is 61.2 Å². The first-order valence-corrected chi connectivity index (χ1v) is 14.0. The van der Waals surface area contributed by atoms with Crippen LogP contribution in [0.2, 0.25) is 0 Å². The first kappa shape index (κ1) is 31.1. The fourth-order valence-corrected chi connectivity index (χ4v) is 4.22. The second kappa shape index (κ2) is 12.8. The van der Waals surface area contributed by atoms with Crippen molar-refractivity contribution in [2.75, 3.05) is 19.1 Å². The molecule has 0 spiro atoms. The number of halogens is 3. The maximum atomic E-state index is 13.5. The molecule has 1 unspecified atom stereocenters. The fourth-order valence-electron chi connectivity index (χ4n) is 3.44. The number of carbonyl (C=O) groups excluding carboxylic acids is 2. The highest BCUT2D eigenvalue weighted by molar-refractivity contribution is 7.90. The Morgan fingerprint density at radius 2 is 1.61 bits per heavy atom. The third-order valence-corrected chi connectivity index (χ3v) is 6.64. The first-order chi connectivity index (χ1) is 19.2. The van der Waals surface area contributed by atoms with Crippen LogP contribution in [0.3, 0.4) is 0 Å². The van der Waals surface area contributed by atoms with Gasteiger partial charge in [0.25, 0.3) is 0 Å². The maximum absolute atomic E-state index is 13.5. The van der Waals surface area contributed by atoms with E-state index in [-0.39, 0.29) is 30.2 Å². The lowest BCUT2D eigenvalue weighted by molar-refractivity contribution is -0.138. The summed E-state index contributed by atoms with van der Waals surface area (Å²) < 4.78 is 79.3. The van der Waals surface area contributed by atoms with Crippen molar-refractivity contribution in [3.8, 4) is 23.0 Å². The average Bonchev–Trinajstić information content (AvgIpc) is 2.91. The number of aromatic nitrogens is 2. The molecule has 0 radical (unpaired) electrons. The molecule has 0 aliphatic rings. The molecule has 15 heteroatoms. The topological polar surface area (TPSA) is 146 Å². The number of benzene rings is 2. The lowest BCUT2D eigenvalue weighted by Crippen LogP contribution is -2.58. The van der Waals surface area contributed by atoms with E-state index in [1.54, 1.807) is 0 Å². The molecule has 220 valence electrons. The summed E-state index contributed by atoms with van der Waals surface area (Å²) in [7, 11) is -2.23. The Morgan fingerprint density at radius 1 is 0.976 bits per heavy atom. The van der Waals surface area contributed by atoms with Crippen LogP contribution in [-0.2, 0) is 27.4 Å². The van der Waals surface area contributed by atoms with E-state index in [2.05, 4.69) is 20.6 Å². The van der Waals surface area contributed by atoms with Gasteiger partial charge in [-0.1, -0.05) is 12.1 Å². The number of hydrogen-bond acceptors (Lipinski definition) is 9. The normalized spacial score (nSPS) is 13.0. The van der Waals surface area contributed by atoms with Crippen molar-refractivity contribution < 1.29 is 45.4 Å². The molecule has 0 aliphatic heterocycles. The zero-order chi connectivity index (χ0) is 30.3. The standard InChI is InChI=1S/C26H27F3N4O7S/c1-25(10-11-41(3,36)37,33-24(35)40-20-14-30-16-31-15-20)23(34)32-13-17-4-6-18(7-5-17)39-22-9-8-19(38-2)12-21(22)26(27,28)29/h4-9,12,14-16H,10-11,13H2,1-3H3,(H,32,34)(H,33,35). The van der Waals surface area contributed by atoms with Crippen LogP contribution in [-0.4, -0.2) is 55.0 Å². The highest BCUT2D eigenvalue weighted by Crippen LogP contribution is 2.40. The number of ether oxygens (including phenoxy) is 3. The molecule has 1 aromatic heterocycles. The van der Waals surface area contributed by atoms with Crippen molar-refractivity contribution in [1.82, 2.24) is 20.6 Å². The number of rotatable bonds is 11. The van der Waals surface area contributed by atoms with Gasteiger partial charge in [-0.3, -0.25) is 4.79 Å². The highest BCUT2D eigenvalue weighted by atomic mass is 32.2. The predicted octanol–water partition coefficient (Wildman–Crippen LogP) is 3.89. The zero-order valence-electron chi connectivity index (χ0n) is 22.2. The van der Waals surface area contributed by atoms with E-state index >= 15 is 0 Å². The minimum absolute atomic E-state index is 0.00942. The Bertz CT molecular complexity index is 1470. The Hall–Kier alpha value is -4.40. The number of amides is 2. The van der Waals surface area contributed by atoms with Crippen LogP contribution in [0.1, 0.15) is 24.5 Å². The van der Waals surface area contributed by atoms with Crippen molar-refractivity contribution >= 4 is 21.8 Å². The van der Waals surface area contributed by atoms with Crippen LogP contribution in [0, 0.1) is 0 Å². The van der Waals surface area contributed by atoms with Gasteiger partial charge in [0.2, 0.25) is 5.91 Å². The van der Waals surface area contributed by atoms with Gasteiger partial charge in [-0.25, -0.2) is 23.2 Å². The number of alkyl halides is 3. The molecule has 0 fully saturated rings. The molecule has 0 saturated heterocycles. The van der Waals surface area contributed by atoms with Gasteiger partial charge in [-0.2, -0.15) is 13.2 Å². The van der Waals surface area contributed by atoms with Gasteiger partial charge >= 0.3 is 12.3 Å². The number of hydrogen-bond donors (Lipinski definition) is 2. The van der Waals surface area contributed by atoms with Crippen LogP contribution in [0.25, 0.3) is 0 Å². The highest BCUT2D eigenvalue weighted by Gasteiger charge is 2.37. The van der Waals surface area contributed by atoms with Gasteiger partial charge in [0.15, 0.2) is 5.75 Å². The molecular formula is C26H27F3N4O7S. The molecule has 1 atom stereocenters. The molecule has 0 saturated carbocycles. The van der Waals surface area contributed by atoms with Crippen LogP contribution < -0.4 is 24.8 Å². The molecule has 3 rings (SSSR count). The number of methoxy groups -OCH3 is 1. The van der Waals surface area contributed by atoms with Crippen molar-refractivity contribution in [3.05, 3.63) is 72.3 Å². The van der Waals surface area contributed by atoms with Crippen molar-refractivity contribution in [2.24, 2.45) is 0 Å². The van der Waals surface area contributed by atoms with Gasteiger partial charge in [0.1, 0.15) is 44.5 Å². The van der Waals surface area contributed by atoms with Crippen molar-refractivity contribution in [1.29, 1.82) is 0 Å². The summed E-state index contributed by atoms with van der Waals surface area (Å²) in [6.07, 6.45) is -1.27. The summed E-state index contributed by atoms with van der Waals surface area (Å²) in [4.78, 5) is 33.0. The van der Waals surface area contributed by atoms with Crippen LogP contribution in [0.5, 0.6) is 23.0 Å². The predicted molar refractivity (Wildman–Crippen MR) is 140 cm³/mol. The number of sulfone groups is 1. The van der Waals surface area contributed by atoms with Crippen molar-refractivity contribution in [2.45, 2.75) is 31.6 Å². The second-order valence-electron chi connectivity index (χ2n) is 9.09. The molecule has 41 heavy (non-hydrogen) atoms. The molecule has 3 aromatic rings. The van der Waals surface area contributed by atoms with E-state index in [9.17, 15) is 31.2 Å². The summed E-state index contributed by atoms with van der Waals surface area (Å²) in [5.74, 6) is -1.37. The summed E-state index contributed by atoms with van der Waals surface area (Å²) >= 11 is 0. The van der Waals surface area contributed by atoms with E-state index in [0.29, 0.717) is 5.56 Å². The van der Waals surface area contributed by atoms with Gasteiger partial charge in [0.05, 0.1) is 25.3 Å². The lowest BCUT2D eigenvalue weighted by Gasteiger charge is -2.29. The molecule has 2 N–H and O–H groups in total. The minimum atomic E-state index is -4.67. The van der Waals surface area contributed by atoms with Gasteiger partial charge in [-0.15, -0.1) is 0 Å². The molecule has 2 amide bonds. The molecule has 0 aliphatic carbocycles. The lowest BCUT2D eigenvalue weighted by atomic mass is 9.97.